The predicted molar refractivity (Wildman–Crippen MR) is 273 cm³/mol. The summed E-state index contributed by atoms with van der Waals surface area (Å²) in [5, 5.41) is 49.5. The summed E-state index contributed by atoms with van der Waals surface area (Å²) >= 11 is 13.0. The number of carboxylic acid groups (broad SMARTS) is 4. The Morgan fingerprint density at radius 2 is 1.31 bits per heavy atom. The molecule has 0 saturated carbocycles. The molecule has 25 heteroatoms. The average Bonchev–Trinajstić information content (AvgIpc) is 3.73. The number of anilines is 1. The number of ether oxygens (including phenoxy) is 3. The first-order valence-corrected chi connectivity index (χ1v) is 24.7. The zero-order valence-corrected chi connectivity index (χ0v) is 43.1. The van der Waals surface area contributed by atoms with Gasteiger partial charge >= 0.3 is 23.9 Å². The number of nitrogens with zero attached hydrogens (tertiary/aromatic N) is 7. The van der Waals surface area contributed by atoms with Gasteiger partial charge < -0.3 is 50.2 Å². The first-order chi connectivity index (χ1) is 35.7. The lowest BCUT2D eigenvalue weighted by Crippen LogP contribution is -2.55. The van der Waals surface area contributed by atoms with Crippen molar-refractivity contribution in [3.8, 4) is 39.6 Å². The lowest BCUT2D eigenvalue weighted by molar-refractivity contribution is -0.143. The van der Waals surface area contributed by atoms with Gasteiger partial charge in [-0.15, -0.1) is 0 Å². The molecule has 1 aromatic heterocycles. The zero-order valence-electron chi connectivity index (χ0n) is 41.6. The summed E-state index contributed by atoms with van der Waals surface area (Å²) in [4.78, 5) is 97.2. The molecule has 3 amide bonds. The largest absolute Gasteiger partial charge is 0.496 e. The summed E-state index contributed by atoms with van der Waals surface area (Å²) in [6.45, 7) is 4.66. The van der Waals surface area contributed by atoms with E-state index in [9.17, 15) is 54.0 Å². The van der Waals surface area contributed by atoms with Crippen molar-refractivity contribution in [1.82, 2.24) is 39.6 Å². The number of hydrogen-bond donors (Lipinski definition) is 6. The number of carbonyl (C=O) groups excluding carboxylic acids is 3. The number of fused-ring (bicyclic) bond motifs is 3. The first kappa shape index (κ1) is 55.9. The molecule has 0 radical (unpaired) electrons. The van der Waals surface area contributed by atoms with Gasteiger partial charge in [-0.3, -0.25) is 48.4 Å². The molecule has 7 rings (SSSR count). The average molecular weight is 1080 g/mol. The molecule has 75 heavy (non-hydrogen) atoms. The van der Waals surface area contributed by atoms with Gasteiger partial charge in [0.25, 0.3) is 5.91 Å². The molecule has 1 atom stereocenters. The van der Waals surface area contributed by atoms with Crippen molar-refractivity contribution in [3.05, 3.63) is 75.9 Å². The lowest BCUT2D eigenvalue weighted by Gasteiger charge is -2.41. The Balaban J connectivity index is 1.09. The number of hydrogen-bond acceptors (Lipinski definition) is 15. The van der Waals surface area contributed by atoms with Crippen LogP contribution in [0.5, 0.6) is 11.5 Å². The smallest absolute Gasteiger partial charge is 0.326 e. The number of carbonyl (C=O) groups is 7. The maximum Gasteiger partial charge on any atom is 0.326 e. The summed E-state index contributed by atoms with van der Waals surface area (Å²) in [7, 11) is 1.49. The number of rotatable bonds is 17. The van der Waals surface area contributed by atoms with Gasteiger partial charge in [0.15, 0.2) is 5.69 Å². The fourth-order valence-electron chi connectivity index (χ4n) is 9.25. The fraction of sp³-hybridized carbons (Fsp3) is 0.440. The van der Waals surface area contributed by atoms with E-state index in [0.717, 1.165) is 0 Å². The van der Waals surface area contributed by atoms with E-state index in [1.807, 2.05) is 19.9 Å². The second-order valence-electron chi connectivity index (χ2n) is 19.0. The highest BCUT2D eigenvalue weighted by Crippen LogP contribution is 2.47. The van der Waals surface area contributed by atoms with Crippen LogP contribution in [0.2, 0.25) is 10.0 Å². The quantitative estimate of drug-likeness (QED) is 0.0886. The van der Waals surface area contributed by atoms with Gasteiger partial charge in [-0.05, 0) is 55.8 Å². The fourth-order valence-corrected chi connectivity index (χ4v) is 9.76. The number of amides is 3. The molecule has 6 N–H and O–H groups in total. The lowest BCUT2D eigenvalue weighted by atomic mass is 9.95. The summed E-state index contributed by atoms with van der Waals surface area (Å²) < 4.78 is 19.5. The first-order valence-electron chi connectivity index (χ1n) is 24.0. The molecule has 23 nitrogen and oxygen atoms in total. The van der Waals surface area contributed by atoms with Crippen molar-refractivity contribution < 1.29 is 68.2 Å². The van der Waals surface area contributed by atoms with E-state index < -0.39 is 53.7 Å². The topological polar surface area (TPSA) is 286 Å². The maximum absolute atomic E-state index is 14.4. The van der Waals surface area contributed by atoms with Crippen LogP contribution in [-0.4, -0.2) is 213 Å². The molecule has 0 spiro atoms. The Morgan fingerprint density at radius 3 is 1.84 bits per heavy atom. The SMILES string of the molecule is COc1cc2c(cc1-c1cccc(NC(=O)C[C@H](NC(=O)CN3CCN(CC(=O)O)CCN(CC(=O)O)CCN(CC(=O)O)CC3)C(=O)O)c1)-c1c(c(C(=O)N3CCOCC3(C)C)nn1-c1cc(Cl)cc(Cl)c1)CO2. The Kier molecular flexibility index (Phi) is 18.4. The summed E-state index contributed by atoms with van der Waals surface area (Å²) in [5.41, 5.74) is 3.08. The van der Waals surface area contributed by atoms with E-state index in [0.29, 0.717) is 74.9 Å². The number of carboxylic acids is 4. The van der Waals surface area contributed by atoms with Crippen LogP contribution in [-0.2, 0) is 40.1 Å². The Hall–Kier alpha value is -6.86. The molecule has 0 bridgehead atoms. The highest BCUT2D eigenvalue weighted by molar-refractivity contribution is 6.34. The van der Waals surface area contributed by atoms with Crippen molar-refractivity contribution in [2.45, 2.75) is 38.5 Å². The number of methoxy groups -OCH3 is 1. The van der Waals surface area contributed by atoms with Crippen LogP contribution in [0.1, 0.15) is 36.3 Å². The van der Waals surface area contributed by atoms with Crippen LogP contribution in [0.15, 0.2) is 54.6 Å². The molecule has 2 saturated heterocycles. The number of benzene rings is 3. The molecule has 3 aliphatic heterocycles. The van der Waals surface area contributed by atoms with Crippen LogP contribution in [0.25, 0.3) is 28.1 Å². The molecular formula is C50H59Cl2N9O14. The van der Waals surface area contributed by atoms with E-state index in [1.54, 1.807) is 77.7 Å². The summed E-state index contributed by atoms with van der Waals surface area (Å²) in [6, 6.07) is 13.5. The van der Waals surface area contributed by atoms with E-state index in [4.69, 9.17) is 42.5 Å². The van der Waals surface area contributed by atoms with Crippen LogP contribution in [0.4, 0.5) is 5.69 Å². The van der Waals surface area contributed by atoms with E-state index in [-0.39, 0.29) is 102 Å². The Bertz CT molecular complexity index is 2780. The number of nitrogens with one attached hydrogen (secondary N) is 2. The van der Waals surface area contributed by atoms with Gasteiger partial charge in [-0.25, -0.2) is 9.48 Å². The number of aliphatic carboxylic acids is 4. The van der Waals surface area contributed by atoms with Gasteiger partial charge in [-0.2, -0.15) is 5.10 Å². The Labute approximate surface area is 441 Å². The summed E-state index contributed by atoms with van der Waals surface area (Å²) in [5.74, 6) is -5.77. The highest BCUT2D eigenvalue weighted by atomic mass is 35.5. The monoisotopic (exact) mass is 1080 g/mol. The van der Waals surface area contributed by atoms with Crippen molar-refractivity contribution in [2.75, 3.05) is 111 Å². The second kappa shape index (κ2) is 24.7. The minimum absolute atomic E-state index is 0.00107. The summed E-state index contributed by atoms with van der Waals surface area (Å²) in [6.07, 6.45) is -0.667. The van der Waals surface area contributed by atoms with Crippen molar-refractivity contribution in [1.29, 1.82) is 0 Å². The van der Waals surface area contributed by atoms with Crippen LogP contribution < -0.4 is 20.1 Å². The standard InChI is InChI=1S/C50H59Cl2N9O14/c1-50(2)29-74-16-15-60(50)48(70)46-37-28-75-40-23-39(73-3)35(21-36(40)47(37)61(55-46)34-19-31(51)18-32(52)20-34)30-5-4-6-33(17-30)53-41(62)22-38(49(71)72)54-42(63)24-56-7-9-57(25-43(64)65)11-13-59(27-45(68)69)14-12-58(10-8-56)26-44(66)67/h4-6,17-21,23,38H,7-16,22,24-29H2,1-3H3,(H,53,62)(H,54,63)(H,64,65)(H,66,67)(H,68,69)(H,71,72)/t38-/m0/s1. The molecule has 0 aliphatic carbocycles. The molecule has 4 aromatic rings. The predicted octanol–water partition coefficient (Wildman–Crippen LogP) is 3.04. The minimum atomic E-state index is -1.67. The van der Waals surface area contributed by atoms with Crippen molar-refractivity contribution in [2.24, 2.45) is 0 Å². The van der Waals surface area contributed by atoms with Gasteiger partial charge in [0.05, 0.1) is 69.8 Å². The third-order valence-corrected chi connectivity index (χ3v) is 13.4. The maximum atomic E-state index is 14.4. The van der Waals surface area contributed by atoms with Crippen molar-refractivity contribution in [3.63, 3.8) is 0 Å². The van der Waals surface area contributed by atoms with Crippen LogP contribution in [0, 0.1) is 0 Å². The third kappa shape index (κ3) is 14.5. The molecular weight excluding hydrogens is 1020 g/mol. The number of morpholine rings is 1. The van der Waals surface area contributed by atoms with Gasteiger partial charge in [0, 0.05) is 97.4 Å². The molecule has 402 valence electrons. The zero-order chi connectivity index (χ0) is 54.1. The van der Waals surface area contributed by atoms with E-state index >= 15 is 0 Å². The molecule has 3 aliphatic rings. The normalized spacial score (nSPS) is 17.2. The molecule has 3 aromatic carbocycles. The highest BCUT2D eigenvalue weighted by Gasteiger charge is 2.39. The van der Waals surface area contributed by atoms with E-state index in [1.165, 1.54) is 7.11 Å². The van der Waals surface area contributed by atoms with Gasteiger partial charge in [0.2, 0.25) is 11.8 Å². The third-order valence-electron chi connectivity index (χ3n) is 13.0. The Morgan fingerprint density at radius 1 is 0.733 bits per heavy atom. The second-order valence-corrected chi connectivity index (χ2v) is 19.8. The van der Waals surface area contributed by atoms with Gasteiger partial charge in [-0.1, -0.05) is 35.3 Å². The molecule has 2 fully saturated rings. The number of aromatic nitrogens is 2. The van der Waals surface area contributed by atoms with Crippen LogP contribution in [0.3, 0.4) is 0 Å². The van der Waals surface area contributed by atoms with Gasteiger partial charge in [0.1, 0.15) is 24.1 Å². The minimum Gasteiger partial charge on any atom is -0.496 e. The molecule has 0 unspecified atom stereocenters. The van der Waals surface area contributed by atoms with Crippen molar-refractivity contribution >= 4 is 70.5 Å². The van der Waals surface area contributed by atoms with Crippen LogP contribution >= 0.6 is 23.2 Å². The van der Waals surface area contributed by atoms with E-state index in [2.05, 4.69) is 10.6 Å². The number of halogens is 2. The molecule has 4 heterocycles.